The quantitative estimate of drug-likeness (QED) is 0.655. The van der Waals surface area contributed by atoms with Crippen LogP contribution in [0.4, 0.5) is 0 Å². The van der Waals surface area contributed by atoms with Crippen LogP contribution >= 0.6 is 0 Å². The number of nitrogens with zero attached hydrogens (tertiary/aromatic N) is 1. The van der Waals surface area contributed by atoms with Gasteiger partial charge >= 0.3 is 11.9 Å². The van der Waals surface area contributed by atoms with Gasteiger partial charge in [0, 0.05) is 6.04 Å². The van der Waals surface area contributed by atoms with Crippen molar-refractivity contribution in [3.63, 3.8) is 0 Å². The molecule has 0 aliphatic carbocycles. The molecule has 0 spiro atoms. The molecule has 1 N–H and O–H groups in total. The first-order valence-corrected chi connectivity index (χ1v) is 7.01. The molecule has 0 aliphatic rings. The van der Waals surface area contributed by atoms with Crippen molar-refractivity contribution < 1.29 is 27.9 Å². The van der Waals surface area contributed by atoms with Crippen LogP contribution in [0.3, 0.4) is 0 Å². The van der Waals surface area contributed by atoms with E-state index in [2.05, 4.69) is 4.74 Å². The van der Waals surface area contributed by atoms with E-state index in [0.29, 0.717) is 0 Å². The van der Waals surface area contributed by atoms with Gasteiger partial charge in [0.25, 0.3) is 0 Å². The molecule has 8 heteroatoms. The molecule has 1 atom stereocenters. The first kappa shape index (κ1) is 16.9. The van der Waals surface area contributed by atoms with Crippen LogP contribution < -0.4 is 0 Å². The topological polar surface area (TPSA) is 101 Å². The average Bonchev–Trinajstić information content (AvgIpc) is 2.23. The number of hydrogen-bond acceptors (Lipinski definition) is 5. The van der Waals surface area contributed by atoms with Crippen LogP contribution in [0.2, 0.25) is 0 Å². The third-order valence-electron chi connectivity index (χ3n) is 2.29. The van der Waals surface area contributed by atoms with E-state index >= 15 is 0 Å². The number of aliphatic carboxylic acids is 1. The van der Waals surface area contributed by atoms with E-state index in [1.165, 1.54) is 14.0 Å². The van der Waals surface area contributed by atoms with E-state index in [0.717, 1.165) is 4.31 Å². The number of carbonyl (C=O) groups excluding carboxylic acids is 1. The Morgan fingerprint density at radius 3 is 2.11 bits per heavy atom. The number of rotatable bonds is 7. The highest BCUT2D eigenvalue weighted by Crippen LogP contribution is 2.12. The van der Waals surface area contributed by atoms with E-state index in [1.54, 1.807) is 13.8 Å². The summed E-state index contributed by atoms with van der Waals surface area (Å²) in [6, 6.07) is -0.490. The molecule has 0 saturated carbocycles. The first-order chi connectivity index (χ1) is 8.11. The van der Waals surface area contributed by atoms with Gasteiger partial charge in [-0.3, -0.25) is 9.59 Å². The number of carboxylic acids is 1. The smallest absolute Gasteiger partial charge is 0.318 e. The zero-order valence-corrected chi connectivity index (χ0v) is 11.7. The monoisotopic (exact) mass is 281 g/mol. The normalized spacial score (nSPS) is 13.7. The SMILES string of the molecule is COC(=O)C(C)CS(=O)(=O)N(CC(=O)O)C(C)C. The van der Waals surface area contributed by atoms with Crippen molar-refractivity contribution in [3.05, 3.63) is 0 Å². The van der Waals surface area contributed by atoms with Gasteiger partial charge in [-0.05, 0) is 13.8 Å². The van der Waals surface area contributed by atoms with Crippen molar-refractivity contribution in [3.8, 4) is 0 Å². The van der Waals surface area contributed by atoms with Gasteiger partial charge in [-0.25, -0.2) is 8.42 Å². The van der Waals surface area contributed by atoms with Crippen molar-refractivity contribution in [2.24, 2.45) is 5.92 Å². The van der Waals surface area contributed by atoms with Crippen LogP contribution in [0.5, 0.6) is 0 Å². The summed E-state index contributed by atoms with van der Waals surface area (Å²) in [5.41, 5.74) is 0. The van der Waals surface area contributed by atoms with Gasteiger partial charge < -0.3 is 9.84 Å². The first-order valence-electron chi connectivity index (χ1n) is 5.41. The molecule has 0 aromatic carbocycles. The number of esters is 1. The minimum Gasteiger partial charge on any atom is -0.480 e. The zero-order chi connectivity index (χ0) is 14.5. The molecular weight excluding hydrogens is 262 g/mol. The summed E-state index contributed by atoms with van der Waals surface area (Å²) >= 11 is 0. The van der Waals surface area contributed by atoms with Gasteiger partial charge in [0.05, 0.1) is 18.8 Å². The maximum absolute atomic E-state index is 12.0. The highest BCUT2D eigenvalue weighted by Gasteiger charge is 2.31. The molecule has 0 bridgehead atoms. The zero-order valence-electron chi connectivity index (χ0n) is 10.9. The largest absolute Gasteiger partial charge is 0.480 e. The Morgan fingerprint density at radius 1 is 1.28 bits per heavy atom. The highest BCUT2D eigenvalue weighted by atomic mass is 32.2. The van der Waals surface area contributed by atoms with Crippen molar-refractivity contribution in [1.82, 2.24) is 4.31 Å². The fourth-order valence-corrected chi connectivity index (χ4v) is 3.33. The Morgan fingerprint density at radius 2 is 1.78 bits per heavy atom. The number of hydrogen-bond donors (Lipinski definition) is 1. The third-order valence-corrected chi connectivity index (χ3v) is 4.48. The highest BCUT2D eigenvalue weighted by molar-refractivity contribution is 7.89. The number of carboxylic acid groups (broad SMARTS) is 1. The summed E-state index contributed by atoms with van der Waals surface area (Å²) in [4.78, 5) is 21.8. The number of sulfonamides is 1. The van der Waals surface area contributed by atoms with Gasteiger partial charge in [0.2, 0.25) is 10.0 Å². The Labute approximate surface area is 107 Å². The molecule has 0 aromatic rings. The number of ether oxygens (including phenoxy) is 1. The van der Waals surface area contributed by atoms with Gasteiger partial charge in [-0.1, -0.05) is 6.92 Å². The van der Waals surface area contributed by atoms with Crippen LogP contribution in [0.25, 0.3) is 0 Å². The molecular formula is C10H19NO6S. The molecule has 0 rings (SSSR count). The summed E-state index contributed by atoms with van der Waals surface area (Å²) in [5, 5.41) is 8.69. The minimum atomic E-state index is -3.82. The fourth-order valence-electron chi connectivity index (χ4n) is 1.42. The van der Waals surface area contributed by atoms with Gasteiger partial charge in [0.15, 0.2) is 0 Å². The molecule has 0 fully saturated rings. The molecule has 0 saturated heterocycles. The Bertz CT molecular complexity index is 403. The van der Waals surface area contributed by atoms with Crippen molar-refractivity contribution >= 4 is 22.0 Å². The Balaban J connectivity index is 4.97. The van der Waals surface area contributed by atoms with E-state index < -0.39 is 46.2 Å². The van der Waals surface area contributed by atoms with Crippen molar-refractivity contribution in [1.29, 1.82) is 0 Å². The molecule has 18 heavy (non-hydrogen) atoms. The molecule has 0 heterocycles. The lowest BCUT2D eigenvalue weighted by Crippen LogP contribution is -2.43. The number of carbonyl (C=O) groups is 2. The van der Waals surface area contributed by atoms with Gasteiger partial charge in [-0.2, -0.15) is 4.31 Å². The lowest BCUT2D eigenvalue weighted by atomic mass is 10.2. The molecule has 0 aromatic heterocycles. The van der Waals surface area contributed by atoms with E-state index in [-0.39, 0.29) is 0 Å². The summed E-state index contributed by atoms with van der Waals surface area (Å²) < 4.78 is 29.3. The van der Waals surface area contributed by atoms with Crippen molar-refractivity contribution in [2.45, 2.75) is 26.8 Å². The van der Waals surface area contributed by atoms with E-state index in [9.17, 15) is 18.0 Å². The van der Waals surface area contributed by atoms with E-state index in [1.807, 2.05) is 0 Å². The predicted molar refractivity (Wildman–Crippen MR) is 64.4 cm³/mol. The molecule has 7 nitrogen and oxygen atoms in total. The third kappa shape index (κ3) is 5.01. The Kier molecular flexibility index (Phi) is 6.27. The Hall–Kier alpha value is -1.15. The van der Waals surface area contributed by atoms with E-state index in [4.69, 9.17) is 5.11 Å². The second kappa shape index (κ2) is 6.69. The van der Waals surface area contributed by atoms with Crippen LogP contribution in [-0.2, 0) is 24.3 Å². The minimum absolute atomic E-state index is 0.467. The maximum atomic E-state index is 12.0. The lowest BCUT2D eigenvalue weighted by molar-refractivity contribution is -0.144. The second-order valence-corrected chi connectivity index (χ2v) is 6.20. The summed E-state index contributed by atoms with van der Waals surface area (Å²) in [7, 11) is -2.65. The van der Waals surface area contributed by atoms with Crippen LogP contribution in [0, 0.1) is 5.92 Å². The predicted octanol–water partition coefficient (Wildman–Crippen LogP) is -0.0797. The molecule has 0 radical (unpaired) electrons. The summed E-state index contributed by atoms with van der Waals surface area (Å²) in [6.45, 7) is 3.95. The second-order valence-electron chi connectivity index (χ2n) is 4.24. The molecule has 0 amide bonds. The van der Waals surface area contributed by atoms with Gasteiger partial charge in [-0.15, -0.1) is 0 Å². The summed E-state index contributed by atoms with van der Waals surface area (Å²) in [6.07, 6.45) is 0. The molecule has 1 unspecified atom stereocenters. The van der Waals surface area contributed by atoms with Crippen molar-refractivity contribution in [2.75, 3.05) is 19.4 Å². The lowest BCUT2D eigenvalue weighted by Gasteiger charge is -2.25. The molecule has 0 aliphatic heterocycles. The fraction of sp³-hybridized carbons (Fsp3) is 0.800. The summed E-state index contributed by atoms with van der Waals surface area (Å²) in [5.74, 6) is -3.18. The van der Waals surface area contributed by atoms with Crippen LogP contribution in [-0.4, -0.2) is 55.2 Å². The number of methoxy groups -OCH3 is 1. The molecule has 106 valence electrons. The van der Waals surface area contributed by atoms with Crippen LogP contribution in [0.1, 0.15) is 20.8 Å². The standard InChI is InChI=1S/C10H19NO6S/c1-7(2)11(5-9(12)13)18(15,16)6-8(3)10(14)17-4/h7-8H,5-6H2,1-4H3,(H,12,13). The average molecular weight is 281 g/mol. The van der Waals surface area contributed by atoms with Crippen LogP contribution in [0.15, 0.2) is 0 Å². The maximum Gasteiger partial charge on any atom is 0.318 e. The van der Waals surface area contributed by atoms with Gasteiger partial charge in [0.1, 0.15) is 6.54 Å².